The number of nitrogens with zero attached hydrogens (tertiary/aromatic N) is 1. The van der Waals surface area contributed by atoms with Crippen molar-refractivity contribution in [3.05, 3.63) is 48.3 Å². The minimum absolute atomic E-state index is 0.0265. The summed E-state index contributed by atoms with van der Waals surface area (Å²) in [6.45, 7) is 1.93. The Morgan fingerprint density at radius 1 is 1.27 bits per heavy atom. The molecule has 0 fully saturated rings. The van der Waals surface area contributed by atoms with Crippen molar-refractivity contribution in [3.8, 4) is 11.5 Å². The van der Waals surface area contributed by atoms with Crippen molar-refractivity contribution in [2.75, 3.05) is 13.3 Å². The number of hydrogen-bond donors (Lipinski definition) is 1. The smallest absolute Gasteiger partial charge is 0.231 e. The molecular formula is C18H20N2O5S. The van der Waals surface area contributed by atoms with E-state index in [-0.39, 0.29) is 24.1 Å². The zero-order chi connectivity index (χ0) is 18.6. The number of amides is 1. The summed E-state index contributed by atoms with van der Waals surface area (Å²) in [5.41, 5.74) is 0.516. The van der Waals surface area contributed by atoms with E-state index < -0.39 is 15.1 Å². The highest BCUT2D eigenvalue weighted by Crippen LogP contribution is 2.37. The predicted molar refractivity (Wildman–Crippen MR) is 94.6 cm³/mol. The average molecular weight is 376 g/mol. The topological polar surface area (TPSA) is 94.6 Å². The number of hydrogen-bond acceptors (Lipinski definition) is 6. The molecule has 1 aromatic heterocycles. The zero-order valence-electron chi connectivity index (χ0n) is 14.3. The Hall–Kier alpha value is -2.61. The summed E-state index contributed by atoms with van der Waals surface area (Å²) < 4.78 is 37.0. The molecule has 2 heterocycles. The molecule has 26 heavy (non-hydrogen) atoms. The van der Waals surface area contributed by atoms with E-state index in [1.807, 2.05) is 6.92 Å². The highest BCUT2D eigenvalue weighted by molar-refractivity contribution is 7.91. The Kier molecular flexibility index (Phi) is 5.41. The van der Waals surface area contributed by atoms with E-state index in [1.165, 1.54) is 18.3 Å². The van der Waals surface area contributed by atoms with Crippen LogP contribution in [0.4, 0.5) is 0 Å². The second kappa shape index (κ2) is 7.74. The summed E-state index contributed by atoms with van der Waals surface area (Å²) in [5, 5.41) is 1.76. The third kappa shape index (κ3) is 3.80. The summed E-state index contributed by atoms with van der Waals surface area (Å²) in [4.78, 5) is 16.0. The van der Waals surface area contributed by atoms with Crippen molar-refractivity contribution in [1.82, 2.24) is 10.3 Å². The molecule has 1 amide bonds. The van der Waals surface area contributed by atoms with Crippen LogP contribution in [0.2, 0.25) is 0 Å². The largest absolute Gasteiger partial charge is 0.454 e. The van der Waals surface area contributed by atoms with Crippen molar-refractivity contribution in [2.45, 2.75) is 29.9 Å². The number of nitrogens with one attached hydrogen (secondary N) is 1. The first kappa shape index (κ1) is 18.2. The summed E-state index contributed by atoms with van der Waals surface area (Å²) >= 11 is 0. The van der Waals surface area contributed by atoms with Crippen molar-refractivity contribution >= 4 is 15.7 Å². The second-order valence-electron chi connectivity index (χ2n) is 5.89. The summed E-state index contributed by atoms with van der Waals surface area (Å²) in [6.07, 6.45) is 4.12. The van der Waals surface area contributed by atoms with Gasteiger partial charge in [-0.05, 0) is 30.2 Å². The van der Waals surface area contributed by atoms with Crippen LogP contribution in [0.1, 0.15) is 30.6 Å². The van der Waals surface area contributed by atoms with Gasteiger partial charge in [0.05, 0.1) is 4.90 Å². The maximum absolute atomic E-state index is 13.2. The summed E-state index contributed by atoms with van der Waals surface area (Å²) in [7, 11) is -3.78. The lowest BCUT2D eigenvalue weighted by molar-refractivity contribution is -0.121. The molecule has 7 nitrogen and oxygen atoms in total. The van der Waals surface area contributed by atoms with E-state index in [1.54, 1.807) is 24.4 Å². The van der Waals surface area contributed by atoms with Crippen LogP contribution in [0, 0.1) is 0 Å². The van der Waals surface area contributed by atoms with Crippen molar-refractivity contribution in [2.24, 2.45) is 0 Å². The molecule has 3 rings (SSSR count). The van der Waals surface area contributed by atoms with Gasteiger partial charge in [-0.3, -0.25) is 9.78 Å². The third-order valence-corrected chi connectivity index (χ3v) is 6.16. The van der Waals surface area contributed by atoms with E-state index in [4.69, 9.17) is 9.47 Å². The van der Waals surface area contributed by atoms with Gasteiger partial charge in [-0.2, -0.15) is 0 Å². The number of rotatable bonds is 7. The van der Waals surface area contributed by atoms with Crippen LogP contribution in [-0.4, -0.2) is 32.6 Å². The maximum atomic E-state index is 13.2. The Labute approximate surface area is 152 Å². The molecule has 8 heteroatoms. The first-order valence-electron chi connectivity index (χ1n) is 8.32. The van der Waals surface area contributed by atoms with Crippen LogP contribution < -0.4 is 14.8 Å². The number of sulfone groups is 1. The monoisotopic (exact) mass is 376 g/mol. The number of ether oxygens (including phenoxy) is 2. The molecular weight excluding hydrogens is 356 g/mol. The first-order chi connectivity index (χ1) is 12.5. The number of carbonyl (C=O) groups is 1. The lowest BCUT2D eigenvalue weighted by Gasteiger charge is -2.19. The average Bonchev–Trinajstić information content (AvgIpc) is 3.10. The second-order valence-corrected chi connectivity index (χ2v) is 8.02. The highest BCUT2D eigenvalue weighted by atomic mass is 32.2. The van der Waals surface area contributed by atoms with Crippen LogP contribution in [0.5, 0.6) is 11.5 Å². The molecule has 0 unspecified atom stereocenters. The summed E-state index contributed by atoms with van der Waals surface area (Å²) in [5.74, 6) is 0.728. The Morgan fingerprint density at radius 2 is 2.08 bits per heavy atom. The van der Waals surface area contributed by atoms with Crippen molar-refractivity contribution in [1.29, 1.82) is 0 Å². The number of pyridine rings is 1. The van der Waals surface area contributed by atoms with E-state index >= 15 is 0 Å². The molecule has 0 aliphatic carbocycles. The van der Waals surface area contributed by atoms with Gasteiger partial charge in [0.15, 0.2) is 21.3 Å². The molecule has 138 valence electrons. The van der Waals surface area contributed by atoms with Gasteiger partial charge in [-0.1, -0.05) is 13.0 Å². The molecule has 0 radical (unpaired) electrons. The standard InChI is InChI=1S/C18H20N2O5S/c1-2-4-18(21)20-11-17(13-5-3-8-19-10-13)26(22,23)14-6-7-15-16(9-14)25-12-24-15/h3,5-10,17H,2,4,11-12H2,1H3,(H,20,21)/t17-/m1/s1. The highest BCUT2D eigenvalue weighted by Gasteiger charge is 2.31. The van der Waals surface area contributed by atoms with Gasteiger partial charge in [0.2, 0.25) is 12.7 Å². The normalized spacial score (nSPS) is 14.0. The van der Waals surface area contributed by atoms with Crippen LogP contribution >= 0.6 is 0 Å². The quantitative estimate of drug-likeness (QED) is 0.796. The van der Waals surface area contributed by atoms with Crippen LogP contribution in [-0.2, 0) is 14.6 Å². The Balaban J connectivity index is 1.93. The fraction of sp³-hybridized carbons (Fsp3) is 0.333. The molecule has 1 atom stereocenters. The third-order valence-electron chi connectivity index (χ3n) is 4.07. The molecule has 2 aromatic rings. The van der Waals surface area contributed by atoms with Crippen molar-refractivity contribution in [3.63, 3.8) is 0 Å². The van der Waals surface area contributed by atoms with Crippen molar-refractivity contribution < 1.29 is 22.7 Å². The number of carbonyl (C=O) groups excluding carboxylic acids is 1. The lowest BCUT2D eigenvalue weighted by Crippen LogP contribution is -2.31. The molecule has 0 bridgehead atoms. The Morgan fingerprint density at radius 3 is 2.81 bits per heavy atom. The molecule has 1 aliphatic rings. The van der Waals surface area contributed by atoms with Crippen LogP contribution in [0.3, 0.4) is 0 Å². The predicted octanol–water partition coefficient (Wildman–Crippen LogP) is 2.24. The maximum Gasteiger partial charge on any atom is 0.231 e. The van der Waals surface area contributed by atoms with Gasteiger partial charge >= 0.3 is 0 Å². The van der Waals surface area contributed by atoms with Gasteiger partial charge in [0, 0.05) is 31.4 Å². The van der Waals surface area contributed by atoms with E-state index in [0.717, 1.165) is 0 Å². The molecule has 1 N–H and O–H groups in total. The van der Waals surface area contributed by atoms with Gasteiger partial charge in [-0.25, -0.2) is 8.42 Å². The fourth-order valence-electron chi connectivity index (χ4n) is 2.71. The number of fused-ring (bicyclic) bond motifs is 1. The fourth-order valence-corrected chi connectivity index (χ4v) is 4.37. The van der Waals surface area contributed by atoms with Gasteiger partial charge in [0.25, 0.3) is 0 Å². The van der Waals surface area contributed by atoms with Crippen LogP contribution in [0.15, 0.2) is 47.6 Å². The van der Waals surface area contributed by atoms with Gasteiger partial charge in [0.1, 0.15) is 5.25 Å². The number of benzene rings is 1. The van der Waals surface area contributed by atoms with E-state index in [9.17, 15) is 13.2 Å². The van der Waals surface area contributed by atoms with Gasteiger partial charge in [-0.15, -0.1) is 0 Å². The van der Waals surface area contributed by atoms with Crippen LogP contribution in [0.25, 0.3) is 0 Å². The SMILES string of the molecule is CCCC(=O)NC[C@H](c1cccnc1)S(=O)(=O)c1ccc2c(c1)OCO2. The first-order valence-corrected chi connectivity index (χ1v) is 9.87. The van der Waals surface area contributed by atoms with E-state index in [0.29, 0.717) is 29.9 Å². The minimum atomic E-state index is -3.78. The lowest BCUT2D eigenvalue weighted by atomic mass is 10.2. The van der Waals surface area contributed by atoms with E-state index in [2.05, 4.69) is 10.3 Å². The Bertz CT molecular complexity index is 884. The zero-order valence-corrected chi connectivity index (χ0v) is 15.2. The molecule has 0 saturated heterocycles. The van der Waals surface area contributed by atoms with Gasteiger partial charge < -0.3 is 14.8 Å². The molecule has 1 aromatic carbocycles. The summed E-state index contributed by atoms with van der Waals surface area (Å²) in [6, 6.07) is 7.87. The number of aromatic nitrogens is 1. The molecule has 1 aliphatic heterocycles. The molecule has 0 spiro atoms. The molecule has 0 saturated carbocycles. The minimum Gasteiger partial charge on any atom is -0.454 e.